The number of nitrogens with two attached hydrogens (primary N) is 1. The number of hydrogen-bond acceptors (Lipinski definition) is 3. The minimum absolute atomic E-state index is 0.146. The van der Waals surface area contributed by atoms with E-state index in [-0.39, 0.29) is 31.0 Å². The topological polar surface area (TPSA) is 52.3 Å². The molecule has 94 valence electrons. The van der Waals surface area contributed by atoms with Gasteiger partial charge in [-0.1, -0.05) is 37.6 Å². The number of carbonyl (C=O) groups excluding carboxylic acids is 1. The third-order valence-electron chi connectivity index (χ3n) is 2.57. The number of hydrogen-bond donors (Lipinski definition) is 1. The molecule has 0 aromatic heterocycles. The zero-order valence-corrected chi connectivity index (χ0v) is 10.9. The van der Waals surface area contributed by atoms with Crippen LogP contribution in [0.3, 0.4) is 0 Å². The van der Waals surface area contributed by atoms with Crippen molar-refractivity contribution in [1.82, 2.24) is 0 Å². The number of rotatable bonds is 5. The van der Waals surface area contributed by atoms with E-state index in [0.29, 0.717) is 5.02 Å². The fourth-order valence-electron chi connectivity index (χ4n) is 1.23. The molecule has 0 saturated carbocycles. The Kier molecular flexibility index (Phi) is 5.45. The Morgan fingerprint density at radius 3 is 2.47 bits per heavy atom. The lowest BCUT2D eigenvalue weighted by Gasteiger charge is -2.14. The van der Waals surface area contributed by atoms with Gasteiger partial charge in [0.05, 0.1) is 6.42 Å². The van der Waals surface area contributed by atoms with Gasteiger partial charge in [0.25, 0.3) is 0 Å². The molecule has 0 radical (unpaired) electrons. The molecule has 4 heteroatoms. The van der Waals surface area contributed by atoms with Crippen LogP contribution in [0.25, 0.3) is 0 Å². The smallest absolute Gasteiger partial charge is 0.307 e. The van der Waals surface area contributed by atoms with Gasteiger partial charge in [-0.2, -0.15) is 0 Å². The van der Waals surface area contributed by atoms with Crippen molar-refractivity contribution in [3.05, 3.63) is 34.9 Å². The zero-order chi connectivity index (χ0) is 12.8. The normalized spacial score (nSPS) is 12.5. The standard InChI is InChI=1S/C13H18ClNO2/c1-9(2)12(15)7-13(16)17-8-10-3-5-11(14)6-4-10/h3-6,9,12H,7-8,15H2,1-2H3. The van der Waals surface area contributed by atoms with Crippen LogP contribution in [0.15, 0.2) is 24.3 Å². The quantitative estimate of drug-likeness (QED) is 0.823. The van der Waals surface area contributed by atoms with Crippen molar-refractivity contribution >= 4 is 17.6 Å². The van der Waals surface area contributed by atoms with E-state index in [0.717, 1.165) is 5.56 Å². The summed E-state index contributed by atoms with van der Waals surface area (Å²) in [4.78, 5) is 11.5. The molecule has 0 aliphatic carbocycles. The van der Waals surface area contributed by atoms with E-state index >= 15 is 0 Å². The monoisotopic (exact) mass is 255 g/mol. The Balaban J connectivity index is 2.35. The summed E-state index contributed by atoms with van der Waals surface area (Å²) < 4.78 is 5.13. The first-order valence-electron chi connectivity index (χ1n) is 5.64. The van der Waals surface area contributed by atoms with Crippen LogP contribution < -0.4 is 5.73 Å². The maximum absolute atomic E-state index is 11.5. The molecule has 0 aliphatic rings. The van der Waals surface area contributed by atoms with Crippen molar-refractivity contribution in [3.63, 3.8) is 0 Å². The van der Waals surface area contributed by atoms with Gasteiger partial charge in [-0.25, -0.2) is 0 Å². The van der Waals surface area contributed by atoms with Crippen LogP contribution in [0, 0.1) is 5.92 Å². The summed E-state index contributed by atoms with van der Waals surface area (Å²) in [6.07, 6.45) is 0.255. The molecular formula is C13H18ClNO2. The van der Waals surface area contributed by atoms with Gasteiger partial charge in [0.2, 0.25) is 0 Å². The number of benzene rings is 1. The molecule has 1 unspecified atom stereocenters. The van der Waals surface area contributed by atoms with E-state index in [1.54, 1.807) is 12.1 Å². The summed E-state index contributed by atoms with van der Waals surface area (Å²) in [7, 11) is 0. The van der Waals surface area contributed by atoms with Crippen LogP contribution in [0.4, 0.5) is 0 Å². The minimum atomic E-state index is -0.263. The van der Waals surface area contributed by atoms with Crippen LogP contribution in [-0.2, 0) is 16.1 Å². The summed E-state index contributed by atoms with van der Waals surface area (Å²) in [5.74, 6) is 0.0132. The molecule has 1 rings (SSSR count). The number of esters is 1. The Morgan fingerprint density at radius 2 is 1.94 bits per heavy atom. The summed E-state index contributed by atoms with van der Waals surface area (Å²) in [5.41, 5.74) is 6.71. The SMILES string of the molecule is CC(C)C(N)CC(=O)OCc1ccc(Cl)cc1. The highest BCUT2D eigenvalue weighted by atomic mass is 35.5. The highest BCUT2D eigenvalue weighted by Crippen LogP contribution is 2.11. The van der Waals surface area contributed by atoms with Gasteiger partial charge >= 0.3 is 5.97 Å². The average molecular weight is 256 g/mol. The van der Waals surface area contributed by atoms with Crippen LogP contribution in [-0.4, -0.2) is 12.0 Å². The predicted octanol–water partition coefficient (Wildman–Crippen LogP) is 2.76. The third-order valence-corrected chi connectivity index (χ3v) is 2.82. The molecule has 0 aliphatic heterocycles. The number of ether oxygens (including phenoxy) is 1. The molecule has 0 bridgehead atoms. The van der Waals surface area contributed by atoms with Crippen LogP contribution in [0.1, 0.15) is 25.8 Å². The Labute approximate surface area is 107 Å². The Hall–Kier alpha value is -1.06. The lowest BCUT2D eigenvalue weighted by atomic mass is 10.0. The molecule has 0 spiro atoms. The molecule has 1 aromatic rings. The van der Waals surface area contributed by atoms with E-state index in [1.165, 1.54) is 0 Å². The fourth-order valence-corrected chi connectivity index (χ4v) is 1.36. The molecule has 1 aromatic carbocycles. The van der Waals surface area contributed by atoms with Gasteiger partial charge in [-0.15, -0.1) is 0 Å². The molecule has 0 heterocycles. The first-order valence-corrected chi connectivity index (χ1v) is 6.02. The Bertz CT molecular complexity index is 362. The van der Waals surface area contributed by atoms with E-state index in [4.69, 9.17) is 22.1 Å². The largest absolute Gasteiger partial charge is 0.461 e. The predicted molar refractivity (Wildman–Crippen MR) is 68.7 cm³/mol. The summed E-state index contributed by atoms with van der Waals surface area (Å²) in [6.45, 7) is 4.23. The molecule has 0 saturated heterocycles. The van der Waals surface area contributed by atoms with Gasteiger partial charge < -0.3 is 10.5 Å². The molecule has 0 fully saturated rings. The molecule has 17 heavy (non-hydrogen) atoms. The third kappa shape index (κ3) is 5.20. The van der Waals surface area contributed by atoms with Gasteiger partial charge in [0.15, 0.2) is 0 Å². The Morgan fingerprint density at radius 1 is 1.35 bits per heavy atom. The first kappa shape index (κ1) is 14.0. The molecule has 0 amide bonds. The molecular weight excluding hydrogens is 238 g/mol. The lowest BCUT2D eigenvalue weighted by Crippen LogP contribution is -2.29. The van der Waals surface area contributed by atoms with Crippen molar-refractivity contribution < 1.29 is 9.53 Å². The molecule has 3 nitrogen and oxygen atoms in total. The van der Waals surface area contributed by atoms with Crippen LogP contribution in [0.2, 0.25) is 5.02 Å². The minimum Gasteiger partial charge on any atom is -0.461 e. The van der Waals surface area contributed by atoms with Gasteiger partial charge in [0.1, 0.15) is 6.61 Å². The van der Waals surface area contributed by atoms with Crippen molar-refractivity contribution in [1.29, 1.82) is 0 Å². The number of halogens is 1. The van der Waals surface area contributed by atoms with E-state index in [9.17, 15) is 4.79 Å². The molecule has 2 N–H and O–H groups in total. The summed E-state index contributed by atoms with van der Waals surface area (Å²) >= 11 is 5.75. The second-order valence-corrected chi connectivity index (χ2v) is 4.84. The summed E-state index contributed by atoms with van der Waals surface area (Å²) in [5, 5.41) is 0.668. The van der Waals surface area contributed by atoms with Crippen LogP contribution >= 0.6 is 11.6 Å². The van der Waals surface area contributed by atoms with Crippen LogP contribution in [0.5, 0.6) is 0 Å². The molecule has 1 atom stereocenters. The maximum atomic E-state index is 11.5. The van der Waals surface area contributed by atoms with E-state index < -0.39 is 0 Å². The average Bonchev–Trinajstić information content (AvgIpc) is 2.28. The highest BCUT2D eigenvalue weighted by molar-refractivity contribution is 6.30. The second-order valence-electron chi connectivity index (χ2n) is 4.40. The summed E-state index contributed by atoms with van der Waals surface area (Å²) in [6, 6.07) is 7.05. The second kappa shape index (κ2) is 6.62. The van der Waals surface area contributed by atoms with Crippen molar-refractivity contribution in [2.45, 2.75) is 32.9 Å². The van der Waals surface area contributed by atoms with Crippen molar-refractivity contribution in [2.24, 2.45) is 11.7 Å². The van der Waals surface area contributed by atoms with Gasteiger partial charge in [-0.3, -0.25) is 4.79 Å². The number of carbonyl (C=O) groups is 1. The maximum Gasteiger partial charge on any atom is 0.307 e. The zero-order valence-electron chi connectivity index (χ0n) is 10.2. The highest BCUT2D eigenvalue weighted by Gasteiger charge is 2.13. The fraction of sp³-hybridized carbons (Fsp3) is 0.462. The first-order chi connectivity index (χ1) is 7.99. The van der Waals surface area contributed by atoms with Gasteiger partial charge in [0, 0.05) is 11.1 Å². The van der Waals surface area contributed by atoms with Crippen molar-refractivity contribution in [3.8, 4) is 0 Å². The van der Waals surface area contributed by atoms with E-state index in [1.807, 2.05) is 26.0 Å². The van der Waals surface area contributed by atoms with Crippen molar-refractivity contribution in [2.75, 3.05) is 0 Å². The van der Waals surface area contributed by atoms with Gasteiger partial charge in [-0.05, 0) is 23.6 Å². The lowest BCUT2D eigenvalue weighted by molar-refractivity contribution is -0.145. The van der Waals surface area contributed by atoms with E-state index in [2.05, 4.69) is 0 Å².